The predicted octanol–water partition coefficient (Wildman–Crippen LogP) is 1.44. The molecule has 1 saturated heterocycles. The number of hydrogen-bond donors (Lipinski definition) is 1. The number of carbonyl (C=O) groups is 3. The molecule has 3 fully saturated rings. The van der Waals surface area contributed by atoms with Gasteiger partial charge in [-0.1, -0.05) is 12.8 Å². The van der Waals surface area contributed by atoms with Gasteiger partial charge in [-0.3, -0.25) is 19.8 Å². The van der Waals surface area contributed by atoms with E-state index in [1.165, 1.54) is 4.90 Å². The summed E-state index contributed by atoms with van der Waals surface area (Å²) in [6.07, 6.45) is 6.63. The summed E-state index contributed by atoms with van der Waals surface area (Å²) < 4.78 is 5.50. The van der Waals surface area contributed by atoms with Crippen molar-refractivity contribution in [2.45, 2.75) is 50.5 Å². The quantitative estimate of drug-likeness (QED) is 0.796. The lowest BCUT2D eigenvalue weighted by Crippen LogP contribution is -2.63. The first-order valence-electron chi connectivity index (χ1n) is 7.78. The summed E-state index contributed by atoms with van der Waals surface area (Å²) in [7, 11) is 1.62. The maximum absolute atomic E-state index is 12.7. The fourth-order valence-corrected chi connectivity index (χ4v) is 3.77. The SMILES string of the molecule is COC1(CN2C(=O)NC(=O)C(C3CCCC3)C2=O)CCC1. The van der Waals surface area contributed by atoms with Gasteiger partial charge in [-0.05, 0) is 38.0 Å². The number of hydrogen-bond acceptors (Lipinski definition) is 4. The van der Waals surface area contributed by atoms with Gasteiger partial charge >= 0.3 is 6.03 Å². The molecule has 6 heteroatoms. The van der Waals surface area contributed by atoms with Crippen molar-refractivity contribution in [1.29, 1.82) is 0 Å². The average Bonchev–Trinajstić information content (AvgIpc) is 2.90. The minimum atomic E-state index is -0.695. The maximum atomic E-state index is 12.7. The standard InChI is InChI=1S/C15H22N2O4/c1-21-15(7-4-8-15)9-17-13(19)11(10-5-2-3-6-10)12(18)16-14(17)20/h10-11H,2-9H2,1H3,(H,16,18,20). The Morgan fingerprint density at radius 1 is 1.19 bits per heavy atom. The lowest BCUT2D eigenvalue weighted by Gasteiger charge is -2.44. The Kier molecular flexibility index (Phi) is 3.73. The third-order valence-electron chi connectivity index (χ3n) is 5.31. The van der Waals surface area contributed by atoms with E-state index in [9.17, 15) is 14.4 Å². The van der Waals surface area contributed by atoms with Crippen LogP contribution in [-0.4, -0.2) is 42.0 Å². The highest BCUT2D eigenvalue weighted by atomic mass is 16.5. The molecule has 2 saturated carbocycles. The van der Waals surface area contributed by atoms with E-state index >= 15 is 0 Å². The van der Waals surface area contributed by atoms with Crippen molar-refractivity contribution in [2.24, 2.45) is 11.8 Å². The van der Waals surface area contributed by atoms with E-state index in [2.05, 4.69) is 5.32 Å². The minimum absolute atomic E-state index is 0.0768. The van der Waals surface area contributed by atoms with E-state index in [0.29, 0.717) is 0 Å². The monoisotopic (exact) mass is 294 g/mol. The lowest BCUT2D eigenvalue weighted by atomic mass is 9.79. The first-order valence-corrected chi connectivity index (χ1v) is 7.78. The van der Waals surface area contributed by atoms with E-state index in [4.69, 9.17) is 4.74 Å². The second-order valence-electron chi connectivity index (χ2n) is 6.48. The van der Waals surface area contributed by atoms with Gasteiger partial charge in [-0.2, -0.15) is 0 Å². The van der Waals surface area contributed by atoms with Crippen LogP contribution in [0.4, 0.5) is 4.79 Å². The number of nitrogens with zero attached hydrogens (tertiary/aromatic N) is 1. The molecule has 116 valence electrons. The number of carbonyl (C=O) groups excluding carboxylic acids is 3. The molecule has 1 atom stereocenters. The molecule has 3 rings (SSSR count). The molecule has 0 aromatic heterocycles. The van der Waals surface area contributed by atoms with Crippen LogP contribution in [0.25, 0.3) is 0 Å². The number of imide groups is 2. The van der Waals surface area contributed by atoms with Crippen molar-refractivity contribution in [3.8, 4) is 0 Å². The van der Waals surface area contributed by atoms with E-state index in [0.717, 1.165) is 44.9 Å². The predicted molar refractivity (Wildman–Crippen MR) is 74.3 cm³/mol. The maximum Gasteiger partial charge on any atom is 0.330 e. The molecule has 0 aromatic carbocycles. The highest BCUT2D eigenvalue weighted by molar-refractivity contribution is 6.16. The van der Waals surface area contributed by atoms with Gasteiger partial charge in [-0.25, -0.2) is 4.79 Å². The van der Waals surface area contributed by atoms with Crippen LogP contribution in [0.1, 0.15) is 44.9 Å². The smallest absolute Gasteiger partial charge is 0.330 e. The molecular weight excluding hydrogens is 272 g/mol. The Balaban J connectivity index is 1.77. The van der Waals surface area contributed by atoms with Crippen molar-refractivity contribution >= 4 is 17.8 Å². The second-order valence-corrected chi connectivity index (χ2v) is 6.48. The van der Waals surface area contributed by atoms with Crippen LogP contribution in [0.5, 0.6) is 0 Å². The Bertz CT molecular complexity index is 461. The molecule has 0 spiro atoms. The van der Waals surface area contributed by atoms with Gasteiger partial charge in [0, 0.05) is 7.11 Å². The van der Waals surface area contributed by atoms with E-state index in [1.54, 1.807) is 7.11 Å². The average molecular weight is 294 g/mol. The van der Waals surface area contributed by atoms with Crippen LogP contribution >= 0.6 is 0 Å². The molecule has 3 aliphatic rings. The summed E-state index contributed by atoms with van der Waals surface area (Å²) in [6.45, 7) is 0.255. The number of ether oxygens (including phenoxy) is 1. The number of amides is 4. The number of urea groups is 1. The van der Waals surface area contributed by atoms with Crippen LogP contribution in [0.2, 0.25) is 0 Å². The molecule has 2 aliphatic carbocycles. The molecule has 4 amide bonds. The van der Waals surface area contributed by atoms with Crippen molar-refractivity contribution < 1.29 is 19.1 Å². The summed E-state index contributed by atoms with van der Waals surface area (Å²) in [5, 5.41) is 2.35. The highest BCUT2D eigenvalue weighted by Crippen LogP contribution is 2.38. The van der Waals surface area contributed by atoms with Crippen molar-refractivity contribution in [1.82, 2.24) is 10.2 Å². The van der Waals surface area contributed by atoms with Gasteiger partial charge in [0.15, 0.2) is 0 Å². The molecule has 1 N–H and O–H groups in total. The third-order valence-corrected chi connectivity index (χ3v) is 5.31. The van der Waals surface area contributed by atoms with E-state index < -0.39 is 23.5 Å². The molecule has 0 radical (unpaired) electrons. The van der Waals surface area contributed by atoms with E-state index in [1.807, 2.05) is 0 Å². The molecule has 6 nitrogen and oxygen atoms in total. The normalized spacial score (nSPS) is 29.5. The van der Waals surface area contributed by atoms with Gasteiger partial charge in [-0.15, -0.1) is 0 Å². The van der Waals surface area contributed by atoms with Gasteiger partial charge in [0.25, 0.3) is 0 Å². The Hall–Kier alpha value is -1.43. The summed E-state index contributed by atoms with van der Waals surface area (Å²) >= 11 is 0. The second kappa shape index (κ2) is 5.40. The Labute approximate surface area is 124 Å². The Morgan fingerprint density at radius 3 is 2.38 bits per heavy atom. The number of nitrogens with one attached hydrogen (secondary N) is 1. The molecule has 0 bridgehead atoms. The number of methoxy groups -OCH3 is 1. The summed E-state index contributed by atoms with van der Waals surface area (Å²) in [4.78, 5) is 37.9. The third kappa shape index (κ3) is 2.46. The largest absolute Gasteiger partial charge is 0.376 e. The number of barbiturate groups is 1. The lowest BCUT2D eigenvalue weighted by molar-refractivity contribution is -0.150. The molecule has 0 aromatic rings. The molecular formula is C15H22N2O4. The summed E-state index contributed by atoms with van der Waals surface area (Å²) in [5.41, 5.74) is -0.409. The van der Waals surface area contributed by atoms with Gasteiger partial charge in [0.2, 0.25) is 11.8 Å². The zero-order valence-corrected chi connectivity index (χ0v) is 12.4. The van der Waals surface area contributed by atoms with Crippen LogP contribution in [-0.2, 0) is 14.3 Å². The highest BCUT2D eigenvalue weighted by Gasteiger charge is 2.49. The first kappa shape index (κ1) is 14.5. The van der Waals surface area contributed by atoms with Crippen molar-refractivity contribution in [3.63, 3.8) is 0 Å². The Morgan fingerprint density at radius 2 is 1.86 bits per heavy atom. The molecule has 1 heterocycles. The zero-order chi connectivity index (χ0) is 15.0. The van der Waals surface area contributed by atoms with Crippen LogP contribution < -0.4 is 5.32 Å². The van der Waals surface area contributed by atoms with E-state index in [-0.39, 0.29) is 18.4 Å². The zero-order valence-electron chi connectivity index (χ0n) is 12.4. The molecule has 1 unspecified atom stereocenters. The minimum Gasteiger partial charge on any atom is -0.376 e. The van der Waals surface area contributed by atoms with Crippen molar-refractivity contribution in [3.05, 3.63) is 0 Å². The van der Waals surface area contributed by atoms with Gasteiger partial charge in [0.1, 0.15) is 5.92 Å². The van der Waals surface area contributed by atoms with Crippen LogP contribution in [0.15, 0.2) is 0 Å². The summed E-state index contributed by atoms with van der Waals surface area (Å²) in [6, 6.07) is -0.595. The van der Waals surface area contributed by atoms with Crippen molar-refractivity contribution in [2.75, 3.05) is 13.7 Å². The fourth-order valence-electron chi connectivity index (χ4n) is 3.77. The van der Waals surface area contributed by atoms with Gasteiger partial charge < -0.3 is 4.74 Å². The van der Waals surface area contributed by atoms with Crippen LogP contribution in [0, 0.1) is 11.8 Å². The van der Waals surface area contributed by atoms with Crippen LogP contribution in [0.3, 0.4) is 0 Å². The molecule has 1 aliphatic heterocycles. The first-order chi connectivity index (χ1) is 10.1. The fraction of sp³-hybridized carbons (Fsp3) is 0.800. The molecule has 21 heavy (non-hydrogen) atoms. The summed E-state index contributed by atoms with van der Waals surface area (Å²) in [5.74, 6) is -1.38. The number of rotatable bonds is 4. The van der Waals surface area contributed by atoms with Gasteiger partial charge in [0.05, 0.1) is 12.1 Å². The topological polar surface area (TPSA) is 75.7 Å².